The number of rotatable bonds is 6. The zero-order chi connectivity index (χ0) is 23.4. The normalized spacial score (nSPS) is 14.4. The molecule has 8 nitrogen and oxygen atoms in total. The zero-order valence-electron chi connectivity index (χ0n) is 17.4. The van der Waals surface area contributed by atoms with Crippen LogP contribution in [0, 0.1) is 5.82 Å². The summed E-state index contributed by atoms with van der Waals surface area (Å²) in [6.45, 7) is 1.21. The SMILES string of the molecule is O=c1nc(N2CCN(c3ccc(F)cc3)CC2)ncn1Cc1ccc(OCC(F)(F)F)cn1. The minimum absolute atomic E-state index is 0.0187. The Morgan fingerprint density at radius 2 is 1.64 bits per heavy atom. The first-order valence-electron chi connectivity index (χ1n) is 10.1. The maximum absolute atomic E-state index is 13.1. The lowest BCUT2D eigenvalue weighted by atomic mass is 10.2. The van der Waals surface area contributed by atoms with Crippen LogP contribution in [0.5, 0.6) is 5.75 Å². The number of pyridine rings is 1. The van der Waals surface area contributed by atoms with Gasteiger partial charge in [0.2, 0.25) is 5.95 Å². The zero-order valence-corrected chi connectivity index (χ0v) is 17.4. The number of nitrogens with zero attached hydrogens (tertiary/aromatic N) is 6. The Bertz CT molecular complexity index is 1130. The van der Waals surface area contributed by atoms with E-state index < -0.39 is 18.5 Å². The minimum atomic E-state index is -4.43. The predicted octanol–water partition coefficient (Wildman–Crippen LogP) is 2.49. The molecule has 0 amide bonds. The topological polar surface area (TPSA) is 76.4 Å². The second-order valence-electron chi connectivity index (χ2n) is 7.41. The fraction of sp³-hybridized carbons (Fsp3) is 0.333. The summed E-state index contributed by atoms with van der Waals surface area (Å²) in [5.41, 5.74) is 0.857. The lowest BCUT2D eigenvalue weighted by molar-refractivity contribution is -0.153. The standard InChI is InChI=1S/C21H20F4N6O2/c22-15-1-4-17(5-2-15)29-7-9-30(10-8-29)19-27-14-31(20(32)28-19)12-16-3-6-18(11-26-16)33-13-21(23,24)25/h1-6,11,14H,7-10,12-13H2. The molecule has 3 heterocycles. The molecule has 1 aliphatic rings. The average molecular weight is 464 g/mol. The Morgan fingerprint density at radius 1 is 0.939 bits per heavy atom. The van der Waals surface area contributed by atoms with Gasteiger partial charge in [-0.2, -0.15) is 18.2 Å². The number of alkyl halides is 3. The predicted molar refractivity (Wildman–Crippen MR) is 112 cm³/mol. The van der Waals surface area contributed by atoms with Crippen molar-refractivity contribution in [2.75, 3.05) is 42.6 Å². The largest absolute Gasteiger partial charge is 0.483 e. The fourth-order valence-corrected chi connectivity index (χ4v) is 3.36. The molecule has 0 spiro atoms. The van der Waals surface area contributed by atoms with E-state index in [9.17, 15) is 22.4 Å². The molecule has 33 heavy (non-hydrogen) atoms. The number of halogens is 4. The van der Waals surface area contributed by atoms with E-state index >= 15 is 0 Å². The fourth-order valence-electron chi connectivity index (χ4n) is 3.36. The lowest BCUT2D eigenvalue weighted by Gasteiger charge is -2.36. The number of ether oxygens (including phenoxy) is 1. The van der Waals surface area contributed by atoms with E-state index in [2.05, 4.69) is 24.6 Å². The lowest BCUT2D eigenvalue weighted by Crippen LogP contribution is -2.47. The van der Waals surface area contributed by atoms with Crippen molar-refractivity contribution in [3.63, 3.8) is 0 Å². The first-order chi connectivity index (χ1) is 15.8. The molecule has 1 fully saturated rings. The van der Waals surface area contributed by atoms with Crippen LogP contribution >= 0.6 is 0 Å². The van der Waals surface area contributed by atoms with Crippen LogP contribution in [0.2, 0.25) is 0 Å². The van der Waals surface area contributed by atoms with Crippen molar-refractivity contribution in [2.45, 2.75) is 12.7 Å². The van der Waals surface area contributed by atoms with Crippen molar-refractivity contribution < 1.29 is 22.3 Å². The summed E-state index contributed by atoms with van der Waals surface area (Å²) in [7, 11) is 0. The van der Waals surface area contributed by atoms with Gasteiger partial charge in [0.05, 0.1) is 18.4 Å². The van der Waals surface area contributed by atoms with Crippen molar-refractivity contribution in [3.05, 3.63) is 70.9 Å². The highest BCUT2D eigenvalue weighted by Gasteiger charge is 2.28. The van der Waals surface area contributed by atoms with Gasteiger partial charge < -0.3 is 14.5 Å². The second-order valence-corrected chi connectivity index (χ2v) is 7.41. The van der Waals surface area contributed by atoms with Crippen molar-refractivity contribution in [2.24, 2.45) is 0 Å². The molecule has 174 valence electrons. The van der Waals surface area contributed by atoms with Gasteiger partial charge in [0.25, 0.3) is 0 Å². The van der Waals surface area contributed by atoms with Gasteiger partial charge in [-0.05, 0) is 36.4 Å². The van der Waals surface area contributed by atoms with Crippen LogP contribution in [0.1, 0.15) is 5.69 Å². The summed E-state index contributed by atoms with van der Waals surface area (Å²) in [5.74, 6) is 0.0148. The molecule has 1 saturated heterocycles. The molecule has 1 aromatic carbocycles. The number of anilines is 2. The Kier molecular flexibility index (Phi) is 6.43. The number of hydrogen-bond donors (Lipinski definition) is 0. The maximum Gasteiger partial charge on any atom is 0.422 e. The number of benzene rings is 1. The molecule has 0 radical (unpaired) electrons. The van der Waals surface area contributed by atoms with Gasteiger partial charge in [0, 0.05) is 31.9 Å². The van der Waals surface area contributed by atoms with Gasteiger partial charge in [-0.25, -0.2) is 14.2 Å². The van der Waals surface area contributed by atoms with E-state index in [1.807, 2.05) is 4.90 Å². The third kappa shape index (κ3) is 5.96. The number of aromatic nitrogens is 4. The molecule has 0 bridgehead atoms. The second kappa shape index (κ2) is 9.43. The van der Waals surface area contributed by atoms with Crippen LogP contribution < -0.4 is 20.2 Å². The monoisotopic (exact) mass is 464 g/mol. The summed E-state index contributed by atoms with van der Waals surface area (Å²) < 4.78 is 55.6. The van der Waals surface area contributed by atoms with E-state index in [1.165, 1.54) is 41.4 Å². The molecule has 4 rings (SSSR count). The minimum Gasteiger partial charge on any atom is -0.483 e. The van der Waals surface area contributed by atoms with Crippen molar-refractivity contribution >= 4 is 11.6 Å². The third-order valence-electron chi connectivity index (χ3n) is 5.04. The molecule has 2 aromatic heterocycles. The van der Waals surface area contributed by atoms with E-state index in [4.69, 9.17) is 0 Å². The van der Waals surface area contributed by atoms with Gasteiger partial charge in [-0.15, -0.1) is 0 Å². The molecule has 0 unspecified atom stereocenters. The van der Waals surface area contributed by atoms with Crippen molar-refractivity contribution in [1.82, 2.24) is 19.5 Å². The molecule has 12 heteroatoms. The molecule has 0 saturated carbocycles. The maximum atomic E-state index is 13.1. The van der Waals surface area contributed by atoms with Crippen molar-refractivity contribution in [1.29, 1.82) is 0 Å². The number of piperazine rings is 1. The first-order valence-corrected chi connectivity index (χ1v) is 10.1. The Labute approximate surface area is 186 Å². The highest BCUT2D eigenvalue weighted by atomic mass is 19.4. The van der Waals surface area contributed by atoms with Gasteiger partial charge >= 0.3 is 11.9 Å². The Balaban J connectivity index is 1.35. The Morgan fingerprint density at radius 3 is 2.24 bits per heavy atom. The molecular weight excluding hydrogens is 444 g/mol. The van der Waals surface area contributed by atoms with E-state index in [1.54, 1.807) is 12.1 Å². The van der Waals surface area contributed by atoms with Gasteiger partial charge in [-0.1, -0.05) is 0 Å². The number of hydrogen-bond acceptors (Lipinski definition) is 7. The molecule has 0 atom stereocenters. The summed E-state index contributed by atoms with van der Waals surface area (Å²) in [5, 5.41) is 0. The molecule has 3 aromatic rings. The van der Waals surface area contributed by atoms with Crippen LogP contribution in [-0.2, 0) is 6.54 Å². The average Bonchev–Trinajstić information content (AvgIpc) is 2.80. The first kappa shape index (κ1) is 22.5. The van der Waals surface area contributed by atoms with E-state index in [0.29, 0.717) is 37.8 Å². The van der Waals surface area contributed by atoms with E-state index in [-0.39, 0.29) is 18.1 Å². The molecule has 0 aliphatic carbocycles. The summed E-state index contributed by atoms with van der Waals surface area (Å²) in [6.07, 6.45) is -1.90. The molecular formula is C21H20F4N6O2. The highest BCUT2D eigenvalue weighted by molar-refractivity contribution is 5.48. The van der Waals surface area contributed by atoms with E-state index in [0.717, 1.165) is 5.69 Å². The Hall–Kier alpha value is -3.70. The van der Waals surface area contributed by atoms with Crippen LogP contribution in [0.15, 0.2) is 53.7 Å². The van der Waals surface area contributed by atoms with Gasteiger partial charge in [0.1, 0.15) is 17.9 Å². The van der Waals surface area contributed by atoms with Crippen LogP contribution in [0.3, 0.4) is 0 Å². The quantitative estimate of drug-likeness (QED) is 0.519. The van der Waals surface area contributed by atoms with Gasteiger partial charge in [-0.3, -0.25) is 9.55 Å². The summed E-state index contributed by atoms with van der Waals surface area (Å²) >= 11 is 0. The summed E-state index contributed by atoms with van der Waals surface area (Å²) in [6, 6.07) is 9.12. The molecule has 0 N–H and O–H groups in total. The van der Waals surface area contributed by atoms with Crippen LogP contribution in [-0.4, -0.2) is 58.5 Å². The van der Waals surface area contributed by atoms with Crippen LogP contribution in [0.25, 0.3) is 0 Å². The van der Waals surface area contributed by atoms with Crippen LogP contribution in [0.4, 0.5) is 29.2 Å². The molecule has 1 aliphatic heterocycles. The van der Waals surface area contributed by atoms with Crippen molar-refractivity contribution in [3.8, 4) is 5.75 Å². The summed E-state index contributed by atoms with van der Waals surface area (Å²) in [4.78, 5) is 28.8. The third-order valence-corrected chi connectivity index (χ3v) is 5.04. The van der Waals surface area contributed by atoms with Gasteiger partial charge in [0.15, 0.2) is 6.61 Å². The smallest absolute Gasteiger partial charge is 0.422 e. The highest BCUT2D eigenvalue weighted by Crippen LogP contribution is 2.19.